The van der Waals surface area contributed by atoms with Crippen molar-refractivity contribution in [3.63, 3.8) is 0 Å². The number of nitrogens with one attached hydrogen (secondary N) is 2. The Morgan fingerprint density at radius 2 is 1.88 bits per heavy atom. The molecule has 0 fully saturated rings. The van der Waals surface area contributed by atoms with Crippen LogP contribution in [0.2, 0.25) is 0 Å². The summed E-state index contributed by atoms with van der Waals surface area (Å²) in [4.78, 5) is 8.19. The van der Waals surface area contributed by atoms with Crippen LogP contribution in [0.3, 0.4) is 0 Å². The summed E-state index contributed by atoms with van der Waals surface area (Å²) in [6, 6.07) is 1.85. The highest BCUT2D eigenvalue weighted by molar-refractivity contribution is 5.38. The third-order valence-electron chi connectivity index (χ3n) is 3.02. The second kappa shape index (κ2) is 6.39. The standard InChI is InChI=1S/C12H23N5/c1-8(2)10(9(3)4)7-15-11-5-6-14-12(16-11)17-13/h5-6,8-10H,7,13H2,1-4H3,(H2,14,15,16,17). The van der Waals surface area contributed by atoms with Crippen molar-refractivity contribution in [1.82, 2.24) is 9.97 Å². The van der Waals surface area contributed by atoms with E-state index in [0.29, 0.717) is 23.7 Å². The minimum Gasteiger partial charge on any atom is -0.370 e. The van der Waals surface area contributed by atoms with Crippen molar-refractivity contribution in [3.8, 4) is 0 Å². The van der Waals surface area contributed by atoms with Gasteiger partial charge in [-0.05, 0) is 23.8 Å². The molecule has 0 aliphatic heterocycles. The molecule has 96 valence electrons. The lowest BCUT2D eigenvalue weighted by Crippen LogP contribution is -2.25. The van der Waals surface area contributed by atoms with Gasteiger partial charge in [-0.2, -0.15) is 4.98 Å². The van der Waals surface area contributed by atoms with Gasteiger partial charge >= 0.3 is 0 Å². The Morgan fingerprint density at radius 1 is 1.24 bits per heavy atom. The van der Waals surface area contributed by atoms with E-state index in [4.69, 9.17) is 5.84 Å². The van der Waals surface area contributed by atoms with E-state index >= 15 is 0 Å². The fraction of sp³-hybridized carbons (Fsp3) is 0.667. The minimum absolute atomic E-state index is 0.431. The summed E-state index contributed by atoms with van der Waals surface area (Å²) in [7, 11) is 0. The number of hydrazine groups is 1. The molecule has 0 atom stereocenters. The molecular weight excluding hydrogens is 214 g/mol. The molecule has 5 nitrogen and oxygen atoms in total. The number of nitrogens with zero attached hydrogens (tertiary/aromatic N) is 2. The topological polar surface area (TPSA) is 75.9 Å². The van der Waals surface area contributed by atoms with E-state index in [1.807, 2.05) is 6.07 Å². The first kappa shape index (κ1) is 13.7. The second-order valence-corrected chi connectivity index (χ2v) is 4.94. The lowest BCUT2D eigenvalue weighted by molar-refractivity contribution is 0.304. The van der Waals surface area contributed by atoms with Gasteiger partial charge in [-0.25, -0.2) is 10.8 Å². The van der Waals surface area contributed by atoms with E-state index in [9.17, 15) is 0 Å². The minimum atomic E-state index is 0.431. The maximum absolute atomic E-state index is 5.27. The van der Waals surface area contributed by atoms with Crippen LogP contribution in [0.25, 0.3) is 0 Å². The van der Waals surface area contributed by atoms with Crippen LogP contribution in [0.5, 0.6) is 0 Å². The third-order valence-corrected chi connectivity index (χ3v) is 3.02. The van der Waals surface area contributed by atoms with Crippen LogP contribution in [-0.2, 0) is 0 Å². The van der Waals surface area contributed by atoms with Gasteiger partial charge in [0.2, 0.25) is 5.95 Å². The van der Waals surface area contributed by atoms with E-state index in [0.717, 1.165) is 12.4 Å². The maximum atomic E-state index is 5.27. The van der Waals surface area contributed by atoms with Crippen LogP contribution in [0.1, 0.15) is 27.7 Å². The third kappa shape index (κ3) is 4.19. The number of aromatic nitrogens is 2. The van der Waals surface area contributed by atoms with Gasteiger partial charge in [-0.15, -0.1) is 0 Å². The first-order valence-corrected chi connectivity index (χ1v) is 6.08. The van der Waals surface area contributed by atoms with Crippen LogP contribution in [0.15, 0.2) is 12.3 Å². The molecule has 0 bridgehead atoms. The molecule has 17 heavy (non-hydrogen) atoms. The lowest BCUT2D eigenvalue weighted by atomic mass is 9.85. The van der Waals surface area contributed by atoms with Crippen LogP contribution in [0.4, 0.5) is 11.8 Å². The molecule has 1 aromatic heterocycles. The van der Waals surface area contributed by atoms with Crippen LogP contribution in [-0.4, -0.2) is 16.5 Å². The zero-order chi connectivity index (χ0) is 12.8. The van der Waals surface area contributed by atoms with E-state index in [-0.39, 0.29) is 0 Å². The van der Waals surface area contributed by atoms with Gasteiger partial charge in [-0.1, -0.05) is 27.7 Å². The molecule has 0 spiro atoms. The molecule has 1 heterocycles. The highest BCUT2D eigenvalue weighted by Crippen LogP contribution is 2.20. The fourth-order valence-electron chi connectivity index (χ4n) is 1.99. The highest BCUT2D eigenvalue weighted by atomic mass is 15.3. The molecule has 4 N–H and O–H groups in total. The van der Waals surface area contributed by atoms with Crippen molar-refractivity contribution in [3.05, 3.63) is 12.3 Å². The van der Waals surface area contributed by atoms with E-state index in [1.165, 1.54) is 0 Å². The zero-order valence-electron chi connectivity index (χ0n) is 11.1. The predicted octanol–water partition coefficient (Wildman–Crippen LogP) is 2.10. The molecule has 1 aromatic rings. The van der Waals surface area contributed by atoms with Gasteiger partial charge in [0.25, 0.3) is 0 Å². The van der Waals surface area contributed by atoms with Crippen molar-refractivity contribution in [2.45, 2.75) is 27.7 Å². The number of nitrogens with two attached hydrogens (primary N) is 1. The smallest absolute Gasteiger partial charge is 0.239 e. The van der Waals surface area contributed by atoms with Crippen molar-refractivity contribution < 1.29 is 0 Å². The first-order valence-electron chi connectivity index (χ1n) is 6.08. The number of hydrogen-bond acceptors (Lipinski definition) is 5. The average molecular weight is 237 g/mol. The van der Waals surface area contributed by atoms with Crippen LogP contribution >= 0.6 is 0 Å². The van der Waals surface area contributed by atoms with Crippen molar-refractivity contribution in [2.24, 2.45) is 23.6 Å². The van der Waals surface area contributed by atoms with Gasteiger partial charge in [0, 0.05) is 12.7 Å². The van der Waals surface area contributed by atoms with E-state index < -0.39 is 0 Å². The summed E-state index contributed by atoms with van der Waals surface area (Å²) in [6.45, 7) is 9.91. The molecule has 0 radical (unpaired) electrons. The van der Waals surface area contributed by atoms with Gasteiger partial charge in [0.05, 0.1) is 0 Å². The number of hydrogen-bond donors (Lipinski definition) is 3. The molecule has 0 aliphatic carbocycles. The summed E-state index contributed by atoms with van der Waals surface area (Å²) in [5.41, 5.74) is 2.44. The largest absolute Gasteiger partial charge is 0.370 e. The molecule has 0 saturated carbocycles. The molecule has 5 heteroatoms. The van der Waals surface area contributed by atoms with Crippen LogP contribution < -0.4 is 16.6 Å². The Morgan fingerprint density at radius 3 is 2.41 bits per heavy atom. The highest BCUT2D eigenvalue weighted by Gasteiger charge is 2.17. The number of rotatable bonds is 6. The van der Waals surface area contributed by atoms with E-state index in [2.05, 4.69) is 48.4 Å². The lowest BCUT2D eigenvalue weighted by Gasteiger charge is -2.25. The maximum Gasteiger partial charge on any atom is 0.239 e. The fourth-order valence-corrected chi connectivity index (χ4v) is 1.99. The molecule has 0 aromatic carbocycles. The first-order chi connectivity index (χ1) is 8.04. The van der Waals surface area contributed by atoms with Gasteiger partial charge < -0.3 is 5.32 Å². The molecule has 0 unspecified atom stereocenters. The molecule has 0 amide bonds. The second-order valence-electron chi connectivity index (χ2n) is 4.94. The predicted molar refractivity (Wildman–Crippen MR) is 71.5 cm³/mol. The zero-order valence-corrected chi connectivity index (χ0v) is 11.1. The summed E-state index contributed by atoms with van der Waals surface area (Å²) in [5.74, 6) is 8.43. The Bertz CT molecular complexity index is 329. The quantitative estimate of drug-likeness (QED) is 0.522. The SMILES string of the molecule is CC(C)C(CNc1ccnc(NN)n1)C(C)C. The number of nitrogen functional groups attached to an aromatic ring is 1. The van der Waals surface area contributed by atoms with Crippen molar-refractivity contribution >= 4 is 11.8 Å². The Balaban J connectivity index is 2.59. The van der Waals surface area contributed by atoms with E-state index in [1.54, 1.807) is 6.20 Å². The molecule has 0 saturated heterocycles. The average Bonchev–Trinajstić information content (AvgIpc) is 2.28. The monoisotopic (exact) mass is 237 g/mol. The molecular formula is C12H23N5. The Labute approximate surface area is 103 Å². The molecule has 1 rings (SSSR count). The van der Waals surface area contributed by atoms with Gasteiger partial charge in [0.15, 0.2) is 0 Å². The van der Waals surface area contributed by atoms with Gasteiger partial charge in [0.1, 0.15) is 5.82 Å². The Hall–Kier alpha value is -1.36. The summed E-state index contributed by atoms with van der Waals surface area (Å²) < 4.78 is 0. The number of anilines is 2. The Kier molecular flexibility index (Phi) is 5.15. The van der Waals surface area contributed by atoms with Gasteiger partial charge in [-0.3, -0.25) is 5.43 Å². The van der Waals surface area contributed by atoms with Crippen molar-refractivity contribution in [1.29, 1.82) is 0 Å². The summed E-state index contributed by atoms with van der Waals surface area (Å²) in [5, 5.41) is 3.34. The normalized spacial score (nSPS) is 11.3. The summed E-state index contributed by atoms with van der Waals surface area (Å²) in [6.07, 6.45) is 1.68. The van der Waals surface area contributed by atoms with Crippen LogP contribution in [0, 0.1) is 17.8 Å². The molecule has 0 aliphatic rings. The summed E-state index contributed by atoms with van der Waals surface area (Å²) >= 11 is 0. The van der Waals surface area contributed by atoms with Crippen molar-refractivity contribution in [2.75, 3.05) is 17.3 Å².